The van der Waals surface area contributed by atoms with Gasteiger partial charge in [-0.25, -0.2) is 13.1 Å². The van der Waals surface area contributed by atoms with Crippen LogP contribution in [0.4, 0.5) is 0 Å². The van der Waals surface area contributed by atoms with Crippen molar-refractivity contribution in [2.45, 2.75) is 4.90 Å². The van der Waals surface area contributed by atoms with Crippen LogP contribution in [0.1, 0.15) is 10.4 Å². The minimum Gasteiger partial charge on any atom is -0.351 e. The van der Waals surface area contributed by atoms with Crippen molar-refractivity contribution in [2.75, 3.05) is 26.2 Å². The van der Waals surface area contributed by atoms with E-state index in [2.05, 4.69) is 10.0 Å². The summed E-state index contributed by atoms with van der Waals surface area (Å²) in [5.41, 5.74) is 10.6. The molecule has 0 aromatic heterocycles. The van der Waals surface area contributed by atoms with Gasteiger partial charge in [0.1, 0.15) is 0 Å². The molecular weight excluding hydrogens is 268 g/mol. The Morgan fingerprint density at radius 2 is 1.74 bits per heavy atom. The quantitative estimate of drug-likeness (QED) is 0.491. The second kappa shape index (κ2) is 7.19. The lowest BCUT2D eigenvalue weighted by Gasteiger charge is -2.11. The summed E-state index contributed by atoms with van der Waals surface area (Å²) in [7, 11) is -3.75. The van der Waals surface area contributed by atoms with Gasteiger partial charge in [-0.05, 0) is 12.1 Å². The number of sulfonamides is 1. The van der Waals surface area contributed by atoms with Gasteiger partial charge >= 0.3 is 0 Å². The monoisotopic (exact) mass is 286 g/mol. The van der Waals surface area contributed by atoms with E-state index in [1.165, 1.54) is 12.1 Å². The van der Waals surface area contributed by atoms with Crippen molar-refractivity contribution in [1.29, 1.82) is 0 Å². The van der Waals surface area contributed by atoms with Crippen LogP contribution in [0.5, 0.6) is 0 Å². The molecule has 0 saturated carbocycles. The van der Waals surface area contributed by atoms with E-state index in [1.807, 2.05) is 0 Å². The molecule has 0 atom stereocenters. The number of hydrogen-bond acceptors (Lipinski definition) is 5. The molecule has 1 amide bonds. The Balaban J connectivity index is 3.05. The molecule has 0 aliphatic rings. The molecule has 7 nitrogen and oxygen atoms in total. The molecule has 0 radical (unpaired) electrons. The number of nitrogens with two attached hydrogens (primary N) is 2. The molecule has 0 bridgehead atoms. The fourth-order valence-electron chi connectivity index (χ4n) is 1.44. The SMILES string of the molecule is NCCNC(=O)c1ccccc1S(=O)(=O)NCCN. The van der Waals surface area contributed by atoms with E-state index >= 15 is 0 Å². The summed E-state index contributed by atoms with van der Waals surface area (Å²) in [4.78, 5) is 11.8. The maximum atomic E-state index is 12.0. The average molecular weight is 286 g/mol. The van der Waals surface area contributed by atoms with E-state index in [0.717, 1.165) is 0 Å². The molecule has 0 heterocycles. The van der Waals surface area contributed by atoms with Gasteiger partial charge in [-0.15, -0.1) is 0 Å². The van der Waals surface area contributed by atoms with Crippen LogP contribution in [0.15, 0.2) is 29.2 Å². The van der Waals surface area contributed by atoms with Gasteiger partial charge in [0.15, 0.2) is 0 Å². The summed E-state index contributed by atoms with van der Waals surface area (Å²) in [6, 6.07) is 5.97. The zero-order valence-electron chi connectivity index (χ0n) is 10.4. The van der Waals surface area contributed by atoms with E-state index in [9.17, 15) is 13.2 Å². The maximum Gasteiger partial charge on any atom is 0.252 e. The summed E-state index contributed by atoms with van der Waals surface area (Å²) in [5.74, 6) is -0.473. The first-order valence-corrected chi connectivity index (χ1v) is 7.28. The lowest BCUT2D eigenvalue weighted by atomic mass is 10.2. The van der Waals surface area contributed by atoms with E-state index < -0.39 is 15.9 Å². The number of carbonyl (C=O) groups excluding carboxylic acids is 1. The van der Waals surface area contributed by atoms with E-state index in [1.54, 1.807) is 12.1 Å². The van der Waals surface area contributed by atoms with Crippen molar-refractivity contribution in [3.8, 4) is 0 Å². The summed E-state index contributed by atoms with van der Waals surface area (Å²) in [5, 5.41) is 2.54. The van der Waals surface area contributed by atoms with Crippen molar-refractivity contribution in [3.05, 3.63) is 29.8 Å². The topological polar surface area (TPSA) is 127 Å². The molecule has 1 aromatic carbocycles. The Hall–Kier alpha value is -1.48. The molecule has 0 unspecified atom stereocenters. The summed E-state index contributed by atoms with van der Waals surface area (Å²) in [6.07, 6.45) is 0. The van der Waals surface area contributed by atoms with Gasteiger partial charge in [0, 0.05) is 26.2 Å². The highest BCUT2D eigenvalue weighted by molar-refractivity contribution is 7.89. The van der Waals surface area contributed by atoms with Gasteiger partial charge in [-0.1, -0.05) is 12.1 Å². The van der Waals surface area contributed by atoms with Gasteiger partial charge in [0.25, 0.3) is 5.91 Å². The summed E-state index contributed by atoms with van der Waals surface area (Å²) in [6.45, 7) is 0.859. The largest absolute Gasteiger partial charge is 0.351 e. The normalized spacial score (nSPS) is 11.3. The van der Waals surface area contributed by atoms with Crippen LogP contribution in [0.3, 0.4) is 0 Å². The molecule has 106 valence electrons. The molecule has 0 spiro atoms. The lowest BCUT2D eigenvalue weighted by molar-refractivity contribution is 0.0951. The first kappa shape index (κ1) is 15.6. The van der Waals surface area contributed by atoms with E-state index in [4.69, 9.17) is 11.5 Å². The first-order chi connectivity index (χ1) is 9.03. The van der Waals surface area contributed by atoms with Crippen LogP contribution in [0.25, 0.3) is 0 Å². The fraction of sp³-hybridized carbons (Fsp3) is 0.364. The Bertz CT molecular complexity index is 530. The number of amides is 1. The molecule has 0 fully saturated rings. The Morgan fingerprint density at radius 1 is 1.11 bits per heavy atom. The lowest BCUT2D eigenvalue weighted by Crippen LogP contribution is -2.33. The van der Waals surface area contributed by atoms with Crippen molar-refractivity contribution < 1.29 is 13.2 Å². The number of hydrogen-bond donors (Lipinski definition) is 4. The molecule has 6 N–H and O–H groups in total. The number of benzene rings is 1. The Labute approximate surface area is 112 Å². The third kappa shape index (κ3) is 4.28. The standard InChI is InChI=1S/C11H18N4O3S/c12-5-7-14-11(16)9-3-1-2-4-10(9)19(17,18)15-8-6-13/h1-4,15H,5-8,12-13H2,(H,14,16). The fourth-order valence-corrected chi connectivity index (χ4v) is 2.69. The molecule has 8 heteroatoms. The first-order valence-electron chi connectivity index (χ1n) is 5.80. The smallest absolute Gasteiger partial charge is 0.252 e. The minimum absolute atomic E-state index is 0.0713. The van der Waals surface area contributed by atoms with Crippen LogP contribution in [0, 0.1) is 0 Å². The van der Waals surface area contributed by atoms with Crippen LogP contribution in [-0.2, 0) is 10.0 Å². The maximum absolute atomic E-state index is 12.0. The van der Waals surface area contributed by atoms with Crippen molar-refractivity contribution >= 4 is 15.9 Å². The molecule has 19 heavy (non-hydrogen) atoms. The van der Waals surface area contributed by atoms with Crippen molar-refractivity contribution in [2.24, 2.45) is 11.5 Å². The zero-order valence-corrected chi connectivity index (χ0v) is 11.2. The predicted octanol–water partition coefficient (Wildman–Crippen LogP) is -1.39. The summed E-state index contributed by atoms with van der Waals surface area (Å²) < 4.78 is 26.4. The highest BCUT2D eigenvalue weighted by atomic mass is 32.2. The van der Waals surface area contributed by atoms with Gasteiger partial charge in [0.2, 0.25) is 10.0 Å². The number of carbonyl (C=O) groups is 1. The molecular formula is C11H18N4O3S. The highest BCUT2D eigenvalue weighted by Crippen LogP contribution is 2.14. The average Bonchev–Trinajstić information content (AvgIpc) is 2.42. The van der Waals surface area contributed by atoms with Crippen LogP contribution >= 0.6 is 0 Å². The molecule has 1 aromatic rings. The highest BCUT2D eigenvalue weighted by Gasteiger charge is 2.21. The predicted molar refractivity (Wildman–Crippen MR) is 72.1 cm³/mol. The van der Waals surface area contributed by atoms with Gasteiger partial charge in [-0.2, -0.15) is 0 Å². The third-order valence-electron chi connectivity index (χ3n) is 2.29. The minimum atomic E-state index is -3.75. The van der Waals surface area contributed by atoms with E-state index in [0.29, 0.717) is 0 Å². The van der Waals surface area contributed by atoms with Crippen molar-refractivity contribution in [3.63, 3.8) is 0 Å². The number of rotatable bonds is 7. The molecule has 0 aliphatic heterocycles. The van der Waals surface area contributed by atoms with Gasteiger partial charge in [0.05, 0.1) is 10.5 Å². The second-order valence-corrected chi connectivity index (χ2v) is 5.46. The third-order valence-corrected chi connectivity index (χ3v) is 3.81. The van der Waals surface area contributed by atoms with Gasteiger partial charge in [-0.3, -0.25) is 4.79 Å². The Morgan fingerprint density at radius 3 is 2.37 bits per heavy atom. The second-order valence-electron chi connectivity index (χ2n) is 3.73. The van der Waals surface area contributed by atoms with Crippen LogP contribution < -0.4 is 21.5 Å². The van der Waals surface area contributed by atoms with E-state index in [-0.39, 0.29) is 36.6 Å². The number of nitrogens with one attached hydrogen (secondary N) is 2. The molecule has 1 rings (SSSR count). The van der Waals surface area contributed by atoms with Crippen LogP contribution in [0.2, 0.25) is 0 Å². The molecule has 0 aliphatic carbocycles. The van der Waals surface area contributed by atoms with Gasteiger partial charge < -0.3 is 16.8 Å². The van der Waals surface area contributed by atoms with Crippen LogP contribution in [-0.4, -0.2) is 40.5 Å². The summed E-state index contributed by atoms with van der Waals surface area (Å²) >= 11 is 0. The van der Waals surface area contributed by atoms with Crippen molar-refractivity contribution in [1.82, 2.24) is 10.0 Å². The molecule has 0 saturated heterocycles. The Kier molecular flexibility index (Phi) is 5.90. The zero-order chi connectivity index (χ0) is 14.3.